The molecule has 0 radical (unpaired) electrons. The highest BCUT2D eigenvalue weighted by Gasteiger charge is 2.16. The van der Waals surface area contributed by atoms with Crippen molar-refractivity contribution in [1.82, 2.24) is 9.78 Å². The third-order valence-corrected chi connectivity index (χ3v) is 3.61. The van der Waals surface area contributed by atoms with E-state index in [9.17, 15) is 4.79 Å². The number of aromatic carboxylic acids is 1. The summed E-state index contributed by atoms with van der Waals surface area (Å²) in [4.78, 5) is 12.3. The largest absolute Gasteiger partial charge is 0.477 e. The molecule has 0 aliphatic carbocycles. The van der Waals surface area contributed by atoms with Crippen molar-refractivity contribution in [1.29, 1.82) is 0 Å². The maximum Gasteiger partial charge on any atom is 0.345 e. The second-order valence-corrected chi connectivity index (χ2v) is 4.92. The number of carboxylic acids is 1. The quantitative estimate of drug-likeness (QED) is 0.908. The fraction of sp³-hybridized carbons (Fsp3) is 0.167. The van der Waals surface area contributed by atoms with E-state index in [-0.39, 0.29) is 0 Å². The third-order valence-electron chi connectivity index (χ3n) is 2.57. The van der Waals surface area contributed by atoms with Gasteiger partial charge in [0, 0.05) is 23.1 Å². The molecule has 0 amide bonds. The molecule has 4 nitrogen and oxygen atoms in total. The van der Waals surface area contributed by atoms with Crippen LogP contribution in [0.2, 0.25) is 0 Å². The lowest BCUT2D eigenvalue weighted by atomic mass is 10.1. The molecule has 88 valence electrons. The highest BCUT2D eigenvalue weighted by molar-refractivity contribution is 7.14. The van der Waals surface area contributed by atoms with Crippen molar-refractivity contribution in [3.05, 3.63) is 34.2 Å². The van der Waals surface area contributed by atoms with E-state index in [1.807, 2.05) is 14.0 Å². The molecule has 17 heavy (non-hydrogen) atoms. The minimum Gasteiger partial charge on any atom is -0.477 e. The molecule has 0 saturated carbocycles. The van der Waals surface area contributed by atoms with Crippen molar-refractivity contribution in [3.8, 4) is 11.3 Å². The first-order chi connectivity index (χ1) is 8.04. The van der Waals surface area contributed by atoms with Crippen LogP contribution in [0.4, 0.5) is 0 Å². The lowest BCUT2D eigenvalue weighted by molar-refractivity contribution is 0.0702. The number of carbonyl (C=O) groups is 1. The third kappa shape index (κ3) is 1.89. The molecule has 0 bridgehead atoms. The average Bonchev–Trinajstić information content (AvgIpc) is 2.81. The van der Waals surface area contributed by atoms with Crippen molar-refractivity contribution in [2.24, 2.45) is 7.05 Å². The number of carboxylic acid groups (broad SMARTS) is 1. The van der Waals surface area contributed by atoms with Gasteiger partial charge in [-0.15, -0.1) is 11.3 Å². The molecule has 2 aromatic heterocycles. The van der Waals surface area contributed by atoms with Gasteiger partial charge in [-0.25, -0.2) is 4.79 Å². The molecule has 0 aliphatic rings. The molecule has 0 aromatic carbocycles. The van der Waals surface area contributed by atoms with Crippen molar-refractivity contribution in [2.75, 3.05) is 0 Å². The first-order valence-electron chi connectivity index (χ1n) is 5.03. The summed E-state index contributed by atoms with van der Waals surface area (Å²) >= 11 is 1.27. The molecule has 0 unspecified atom stereocenters. The van der Waals surface area contributed by atoms with Gasteiger partial charge in [-0.3, -0.25) is 4.68 Å². The van der Waals surface area contributed by atoms with Gasteiger partial charge in [0.05, 0.1) is 11.9 Å². The number of thiophene rings is 1. The van der Waals surface area contributed by atoms with Crippen LogP contribution in [0.3, 0.4) is 0 Å². The molecule has 0 spiro atoms. The van der Waals surface area contributed by atoms with E-state index in [4.69, 9.17) is 5.11 Å². The normalized spacial score (nSPS) is 10.5. The summed E-state index contributed by atoms with van der Waals surface area (Å²) in [5.74, 6) is -0.897. The van der Waals surface area contributed by atoms with E-state index >= 15 is 0 Å². The van der Waals surface area contributed by atoms with Gasteiger partial charge in [0.2, 0.25) is 0 Å². The van der Waals surface area contributed by atoms with E-state index in [0.717, 1.165) is 21.7 Å². The molecule has 0 saturated heterocycles. The van der Waals surface area contributed by atoms with Gasteiger partial charge in [-0.2, -0.15) is 5.10 Å². The Morgan fingerprint density at radius 1 is 1.65 bits per heavy atom. The molecule has 0 fully saturated rings. The molecule has 1 N–H and O–H groups in total. The first-order valence-corrected chi connectivity index (χ1v) is 5.84. The summed E-state index contributed by atoms with van der Waals surface area (Å²) in [5, 5.41) is 13.1. The SMILES string of the molecule is C=Cc1cnn(C)c1-c1cc(C(=O)O)sc1C. The van der Waals surface area contributed by atoms with Crippen LogP contribution < -0.4 is 0 Å². The van der Waals surface area contributed by atoms with Gasteiger partial charge in [0.1, 0.15) is 4.88 Å². The molecule has 2 heterocycles. The Balaban J connectivity index is 2.63. The van der Waals surface area contributed by atoms with Crippen LogP contribution in [0.25, 0.3) is 17.3 Å². The molecular weight excluding hydrogens is 236 g/mol. The van der Waals surface area contributed by atoms with Gasteiger partial charge < -0.3 is 5.11 Å². The highest BCUT2D eigenvalue weighted by Crippen LogP contribution is 2.33. The molecule has 2 rings (SSSR count). The summed E-state index contributed by atoms with van der Waals surface area (Å²) in [7, 11) is 1.83. The van der Waals surface area contributed by atoms with E-state index in [2.05, 4.69) is 11.7 Å². The van der Waals surface area contributed by atoms with Crippen molar-refractivity contribution in [2.45, 2.75) is 6.92 Å². The minimum atomic E-state index is -0.897. The van der Waals surface area contributed by atoms with E-state index in [0.29, 0.717) is 4.88 Å². The monoisotopic (exact) mass is 248 g/mol. The zero-order valence-corrected chi connectivity index (χ0v) is 10.4. The van der Waals surface area contributed by atoms with Crippen LogP contribution in [0, 0.1) is 6.92 Å². The number of hydrogen-bond donors (Lipinski definition) is 1. The number of nitrogens with zero attached hydrogens (tertiary/aromatic N) is 2. The van der Waals surface area contributed by atoms with Crippen LogP contribution in [0.1, 0.15) is 20.1 Å². The summed E-state index contributed by atoms with van der Waals surface area (Å²) in [6.45, 7) is 5.64. The summed E-state index contributed by atoms with van der Waals surface area (Å²) in [6.07, 6.45) is 3.44. The summed E-state index contributed by atoms with van der Waals surface area (Å²) in [6, 6.07) is 1.69. The van der Waals surface area contributed by atoms with Gasteiger partial charge in [0.25, 0.3) is 0 Å². The Morgan fingerprint density at radius 2 is 2.35 bits per heavy atom. The standard InChI is InChI=1S/C12H12N2O2S/c1-4-8-6-13-14(3)11(8)9-5-10(12(15)16)17-7(9)2/h4-6H,1H2,2-3H3,(H,15,16). The zero-order valence-electron chi connectivity index (χ0n) is 9.60. The van der Waals surface area contributed by atoms with Gasteiger partial charge in [-0.1, -0.05) is 12.7 Å². The Bertz CT molecular complexity index is 596. The van der Waals surface area contributed by atoms with Crippen LogP contribution in [-0.2, 0) is 7.05 Å². The maximum atomic E-state index is 10.9. The fourth-order valence-corrected chi connectivity index (χ4v) is 2.62. The molecule has 0 aliphatic heterocycles. The average molecular weight is 248 g/mol. The predicted octanol–water partition coefficient (Wildman–Crippen LogP) is 2.80. The maximum absolute atomic E-state index is 10.9. The van der Waals surface area contributed by atoms with Crippen LogP contribution in [0.5, 0.6) is 0 Å². The molecule has 2 aromatic rings. The van der Waals surface area contributed by atoms with Crippen LogP contribution >= 0.6 is 11.3 Å². The van der Waals surface area contributed by atoms with Crippen molar-refractivity contribution < 1.29 is 9.90 Å². The number of rotatable bonds is 3. The second-order valence-electron chi connectivity index (χ2n) is 3.66. The smallest absolute Gasteiger partial charge is 0.345 e. The van der Waals surface area contributed by atoms with E-state index in [1.54, 1.807) is 23.0 Å². The Labute approximate surface area is 103 Å². The number of aryl methyl sites for hydroxylation is 2. The van der Waals surface area contributed by atoms with Gasteiger partial charge >= 0.3 is 5.97 Å². The highest BCUT2D eigenvalue weighted by atomic mass is 32.1. The number of hydrogen-bond acceptors (Lipinski definition) is 3. The lowest BCUT2D eigenvalue weighted by Crippen LogP contribution is -1.95. The number of aromatic nitrogens is 2. The van der Waals surface area contributed by atoms with E-state index < -0.39 is 5.97 Å². The summed E-state index contributed by atoms with van der Waals surface area (Å²) in [5.41, 5.74) is 2.72. The van der Waals surface area contributed by atoms with Crippen molar-refractivity contribution >= 4 is 23.4 Å². The Morgan fingerprint density at radius 3 is 2.88 bits per heavy atom. The Kier molecular flexibility index (Phi) is 2.85. The van der Waals surface area contributed by atoms with Crippen molar-refractivity contribution in [3.63, 3.8) is 0 Å². The van der Waals surface area contributed by atoms with Gasteiger partial charge in [0.15, 0.2) is 0 Å². The predicted molar refractivity (Wildman–Crippen MR) is 68.3 cm³/mol. The van der Waals surface area contributed by atoms with Gasteiger partial charge in [-0.05, 0) is 13.0 Å². The van der Waals surface area contributed by atoms with E-state index in [1.165, 1.54) is 11.3 Å². The Hall–Kier alpha value is -1.88. The second kappa shape index (κ2) is 4.18. The lowest BCUT2D eigenvalue weighted by Gasteiger charge is -2.02. The summed E-state index contributed by atoms with van der Waals surface area (Å²) < 4.78 is 1.73. The topological polar surface area (TPSA) is 55.1 Å². The van der Waals surface area contributed by atoms with Crippen LogP contribution in [-0.4, -0.2) is 20.9 Å². The molecular formula is C12H12N2O2S. The fourth-order valence-electron chi connectivity index (χ4n) is 1.76. The molecule has 5 heteroatoms. The molecule has 0 atom stereocenters. The van der Waals surface area contributed by atoms with Crippen LogP contribution in [0.15, 0.2) is 18.8 Å². The minimum absolute atomic E-state index is 0.341. The zero-order chi connectivity index (χ0) is 12.6. The first kappa shape index (κ1) is 11.6.